The van der Waals surface area contributed by atoms with Gasteiger partial charge in [-0.15, -0.1) is 0 Å². The molecule has 0 spiro atoms. The van der Waals surface area contributed by atoms with Crippen LogP contribution in [0.2, 0.25) is 0 Å². The van der Waals surface area contributed by atoms with Crippen molar-refractivity contribution in [1.82, 2.24) is 9.97 Å². The van der Waals surface area contributed by atoms with E-state index in [0.29, 0.717) is 0 Å². The van der Waals surface area contributed by atoms with Crippen molar-refractivity contribution in [1.29, 1.82) is 0 Å². The Morgan fingerprint density at radius 3 is 2.79 bits per heavy atom. The minimum Gasteiger partial charge on any atom is -0.392 e. The number of hydrogen-bond acceptors (Lipinski definition) is 3. The topological polar surface area (TPSA) is 60.9 Å². The number of pyridine rings is 1. The van der Waals surface area contributed by atoms with Gasteiger partial charge in [-0.2, -0.15) is 0 Å². The Kier molecular flexibility index (Phi) is 3.16. The molecule has 0 saturated carbocycles. The summed E-state index contributed by atoms with van der Waals surface area (Å²) in [7, 11) is 0. The molecule has 96 valence electrons. The Morgan fingerprint density at radius 2 is 2.00 bits per heavy atom. The molecular weight excluding hydrogens is 238 g/mol. The lowest BCUT2D eigenvalue weighted by Gasteiger charge is -2.06. The fourth-order valence-electron chi connectivity index (χ4n) is 2.08. The van der Waals surface area contributed by atoms with E-state index in [-0.39, 0.29) is 6.61 Å². The van der Waals surface area contributed by atoms with Gasteiger partial charge >= 0.3 is 0 Å². The number of anilines is 1. The second-order valence-electron chi connectivity index (χ2n) is 4.42. The average molecular weight is 253 g/mol. The van der Waals surface area contributed by atoms with E-state index in [0.717, 1.165) is 28.8 Å². The molecule has 0 atom stereocenters. The predicted molar refractivity (Wildman–Crippen MR) is 75.8 cm³/mol. The van der Waals surface area contributed by atoms with Crippen molar-refractivity contribution in [2.75, 3.05) is 5.32 Å². The van der Waals surface area contributed by atoms with Crippen molar-refractivity contribution < 1.29 is 5.11 Å². The molecule has 2 heterocycles. The third kappa shape index (κ3) is 2.44. The van der Waals surface area contributed by atoms with Gasteiger partial charge in [0.05, 0.1) is 6.61 Å². The molecule has 4 heteroatoms. The maximum Gasteiger partial charge on any atom is 0.137 e. The van der Waals surface area contributed by atoms with Crippen LogP contribution in [0.5, 0.6) is 0 Å². The molecule has 4 nitrogen and oxygen atoms in total. The highest BCUT2D eigenvalue weighted by molar-refractivity contribution is 5.79. The number of aliphatic hydroxyl groups excluding tert-OH is 1. The Hall–Kier alpha value is -2.33. The van der Waals surface area contributed by atoms with E-state index in [1.54, 1.807) is 6.20 Å². The lowest BCUT2D eigenvalue weighted by Crippen LogP contribution is -1.98. The number of nitrogens with one attached hydrogen (secondary N) is 2. The van der Waals surface area contributed by atoms with Crippen LogP contribution in [0.1, 0.15) is 11.1 Å². The van der Waals surface area contributed by atoms with Crippen molar-refractivity contribution >= 4 is 16.7 Å². The smallest absolute Gasteiger partial charge is 0.137 e. The molecule has 0 amide bonds. The number of aromatic amines is 1. The van der Waals surface area contributed by atoms with Crippen LogP contribution in [0.3, 0.4) is 0 Å². The first kappa shape index (κ1) is 11.7. The van der Waals surface area contributed by atoms with E-state index in [1.807, 2.05) is 36.5 Å². The molecule has 2 aromatic heterocycles. The van der Waals surface area contributed by atoms with Crippen LogP contribution in [0.15, 0.2) is 48.8 Å². The summed E-state index contributed by atoms with van der Waals surface area (Å²) in [5, 5.41) is 13.5. The molecule has 0 radical (unpaired) electrons. The average Bonchev–Trinajstić information content (AvgIpc) is 2.89. The number of hydrogen-bond donors (Lipinski definition) is 3. The quantitative estimate of drug-likeness (QED) is 0.670. The number of fused-ring (bicyclic) bond motifs is 1. The lowest BCUT2D eigenvalue weighted by molar-refractivity contribution is 0.282. The van der Waals surface area contributed by atoms with E-state index < -0.39 is 0 Å². The molecular formula is C15H15N3O. The molecule has 0 aliphatic rings. The number of rotatable bonds is 4. The van der Waals surface area contributed by atoms with Crippen LogP contribution >= 0.6 is 0 Å². The van der Waals surface area contributed by atoms with Crippen molar-refractivity contribution in [3.05, 3.63) is 59.9 Å². The predicted octanol–water partition coefficient (Wildman–Crippen LogP) is 2.67. The van der Waals surface area contributed by atoms with Crippen LogP contribution in [-0.4, -0.2) is 15.1 Å². The van der Waals surface area contributed by atoms with Gasteiger partial charge in [0.25, 0.3) is 0 Å². The van der Waals surface area contributed by atoms with Gasteiger partial charge in [0.1, 0.15) is 5.65 Å². The third-order valence-corrected chi connectivity index (χ3v) is 3.16. The molecule has 0 saturated heterocycles. The summed E-state index contributed by atoms with van der Waals surface area (Å²) in [6.45, 7) is 0.818. The molecule has 0 fully saturated rings. The Bertz CT molecular complexity index is 673. The summed E-state index contributed by atoms with van der Waals surface area (Å²) < 4.78 is 0. The van der Waals surface area contributed by atoms with Crippen molar-refractivity contribution in [2.24, 2.45) is 0 Å². The number of aliphatic hydroxyl groups is 1. The van der Waals surface area contributed by atoms with Crippen molar-refractivity contribution in [2.45, 2.75) is 13.2 Å². The molecule has 0 aliphatic carbocycles. The second kappa shape index (κ2) is 5.12. The Morgan fingerprint density at radius 1 is 1.16 bits per heavy atom. The number of benzene rings is 1. The van der Waals surface area contributed by atoms with E-state index in [4.69, 9.17) is 5.11 Å². The van der Waals surface area contributed by atoms with Gasteiger partial charge in [-0.3, -0.25) is 0 Å². The first-order chi connectivity index (χ1) is 9.36. The maximum atomic E-state index is 9.00. The highest BCUT2D eigenvalue weighted by Crippen LogP contribution is 2.17. The molecule has 0 bridgehead atoms. The molecule has 0 aliphatic heterocycles. The van der Waals surface area contributed by atoms with Gasteiger partial charge in [-0.1, -0.05) is 12.1 Å². The molecule has 3 aromatic rings. The highest BCUT2D eigenvalue weighted by Gasteiger charge is 2.03. The maximum absolute atomic E-state index is 9.00. The second-order valence-corrected chi connectivity index (χ2v) is 4.42. The summed E-state index contributed by atoms with van der Waals surface area (Å²) in [5.74, 6) is 0. The summed E-state index contributed by atoms with van der Waals surface area (Å²) in [6.07, 6.45) is 3.76. The first-order valence-electron chi connectivity index (χ1n) is 6.21. The van der Waals surface area contributed by atoms with Gasteiger partial charge in [0, 0.05) is 30.0 Å². The zero-order valence-corrected chi connectivity index (χ0v) is 10.4. The van der Waals surface area contributed by atoms with Crippen LogP contribution < -0.4 is 5.32 Å². The van der Waals surface area contributed by atoms with Crippen LogP contribution in [0, 0.1) is 0 Å². The Balaban J connectivity index is 1.74. The van der Waals surface area contributed by atoms with E-state index >= 15 is 0 Å². The summed E-state index contributed by atoms with van der Waals surface area (Å²) in [5.41, 5.74) is 4.06. The molecule has 3 N–H and O–H groups in total. The largest absolute Gasteiger partial charge is 0.392 e. The van der Waals surface area contributed by atoms with Gasteiger partial charge < -0.3 is 15.4 Å². The van der Waals surface area contributed by atoms with Gasteiger partial charge in [-0.25, -0.2) is 4.98 Å². The van der Waals surface area contributed by atoms with Crippen LogP contribution in [0.25, 0.3) is 11.0 Å². The fraction of sp³-hybridized carbons (Fsp3) is 0.133. The van der Waals surface area contributed by atoms with Gasteiger partial charge in [-0.05, 0) is 35.4 Å². The number of nitrogens with zero attached hydrogens (tertiary/aromatic N) is 1. The van der Waals surface area contributed by atoms with E-state index in [9.17, 15) is 0 Å². The molecule has 3 rings (SSSR count). The minimum atomic E-state index is 0.0778. The number of aromatic nitrogens is 2. The van der Waals surface area contributed by atoms with Crippen molar-refractivity contribution in [3.63, 3.8) is 0 Å². The third-order valence-electron chi connectivity index (χ3n) is 3.16. The molecule has 0 unspecified atom stereocenters. The number of H-pyrrole nitrogens is 1. The summed E-state index contributed by atoms with van der Waals surface area (Å²) >= 11 is 0. The van der Waals surface area contributed by atoms with Crippen LogP contribution in [0.4, 0.5) is 5.69 Å². The summed E-state index contributed by atoms with van der Waals surface area (Å²) in [6, 6.07) is 11.8. The standard InChI is InChI=1S/C15H15N3O/c19-10-11-3-5-13(6-4-11)17-8-12-9-18-15-14(12)2-1-7-16-15/h1-7,9,17,19H,8,10H2,(H,16,18). The van der Waals surface area contributed by atoms with Crippen LogP contribution in [-0.2, 0) is 13.2 Å². The normalized spacial score (nSPS) is 10.8. The Labute approximate surface area is 111 Å². The SMILES string of the molecule is OCc1ccc(NCc2c[nH]c3ncccc23)cc1. The first-order valence-corrected chi connectivity index (χ1v) is 6.21. The lowest BCUT2D eigenvalue weighted by atomic mass is 10.2. The minimum absolute atomic E-state index is 0.0778. The van der Waals surface area contributed by atoms with Gasteiger partial charge in [0.2, 0.25) is 0 Å². The van der Waals surface area contributed by atoms with E-state index in [1.165, 1.54) is 5.56 Å². The highest BCUT2D eigenvalue weighted by atomic mass is 16.3. The summed E-state index contributed by atoms with van der Waals surface area (Å²) in [4.78, 5) is 7.43. The monoisotopic (exact) mass is 253 g/mol. The zero-order valence-electron chi connectivity index (χ0n) is 10.4. The fourth-order valence-corrected chi connectivity index (χ4v) is 2.08. The van der Waals surface area contributed by atoms with E-state index in [2.05, 4.69) is 21.4 Å². The van der Waals surface area contributed by atoms with Crippen molar-refractivity contribution in [3.8, 4) is 0 Å². The molecule has 19 heavy (non-hydrogen) atoms. The molecule has 1 aromatic carbocycles. The van der Waals surface area contributed by atoms with Gasteiger partial charge in [0.15, 0.2) is 0 Å². The zero-order chi connectivity index (χ0) is 13.1.